The number of nitrogens with zero attached hydrogens (tertiary/aromatic N) is 3. The summed E-state index contributed by atoms with van der Waals surface area (Å²) in [6.45, 7) is 2.05. The van der Waals surface area contributed by atoms with Crippen LogP contribution in [0.15, 0.2) is 53.7 Å². The van der Waals surface area contributed by atoms with Crippen LogP contribution in [0.25, 0.3) is 11.4 Å². The van der Waals surface area contributed by atoms with Crippen LogP contribution in [-0.2, 0) is 12.8 Å². The third-order valence-electron chi connectivity index (χ3n) is 3.43. The van der Waals surface area contributed by atoms with Crippen LogP contribution in [0.5, 0.6) is 0 Å². The molecule has 0 amide bonds. The van der Waals surface area contributed by atoms with Gasteiger partial charge in [-0.2, -0.15) is 0 Å². The second-order valence-corrected chi connectivity index (χ2v) is 6.06. The lowest BCUT2D eigenvalue weighted by molar-refractivity contribution is 0.617. The van der Waals surface area contributed by atoms with Crippen molar-refractivity contribution in [3.63, 3.8) is 0 Å². The van der Waals surface area contributed by atoms with Gasteiger partial charge in [0.25, 0.3) is 0 Å². The quantitative estimate of drug-likeness (QED) is 0.676. The monoisotopic (exact) mass is 313 g/mol. The van der Waals surface area contributed by atoms with Gasteiger partial charge < -0.3 is 4.57 Å². The van der Waals surface area contributed by atoms with Crippen LogP contribution < -0.4 is 0 Å². The fourth-order valence-corrected chi connectivity index (χ4v) is 3.13. The van der Waals surface area contributed by atoms with Gasteiger partial charge in [-0.05, 0) is 24.6 Å². The maximum Gasteiger partial charge on any atom is 0.191 e. The molecule has 22 heavy (non-hydrogen) atoms. The van der Waals surface area contributed by atoms with Gasteiger partial charge in [0.1, 0.15) is 5.82 Å². The van der Waals surface area contributed by atoms with Crippen molar-refractivity contribution in [1.29, 1.82) is 0 Å². The van der Waals surface area contributed by atoms with Crippen LogP contribution in [-0.4, -0.2) is 14.8 Å². The summed E-state index contributed by atoms with van der Waals surface area (Å²) < 4.78 is 15.6. The Labute approximate surface area is 133 Å². The summed E-state index contributed by atoms with van der Waals surface area (Å²) in [4.78, 5) is 0. The molecule has 0 atom stereocenters. The highest BCUT2D eigenvalue weighted by molar-refractivity contribution is 7.98. The standard InChI is InChI=1S/C17H16FN3S/c1-12-6-5-8-13(10-12)16-19-20-17(21(16)2)22-11-14-7-3-4-9-15(14)18/h3-10H,11H2,1-2H3. The van der Waals surface area contributed by atoms with Gasteiger partial charge in [0.15, 0.2) is 11.0 Å². The minimum Gasteiger partial charge on any atom is -0.305 e. The predicted molar refractivity (Wildman–Crippen MR) is 87.1 cm³/mol. The number of halogens is 1. The number of rotatable bonds is 4. The molecule has 0 aliphatic rings. The number of hydrogen-bond donors (Lipinski definition) is 0. The van der Waals surface area contributed by atoms with Gasteiger partial charge in [0.05, 0.1) is 0 Å². The number of aryl methyl sites for hydroxylation is 1. The first-order chi connectivity index (χ1) is 10.6. The lowest BCUT2D eigenvalue weighted by Crippen LogP contribution is -1.96. The zero-order valence-electron chi connectivity index (χ0n) is 12.5. The number of benzene rings is 2. The third kappa shape index (κ3) is 3.04. The fourth-order valence-electron chi connectivity index (χ4n) is 2.23. The Morgan fingerprint density at radius 2 is 1.91 bits per heavy atom. The normalized spacial score (nSPS) is 10.9. The molecule has 1 heterocycles. The van der Waals surface area contributed by atoms with E-state index in [9.17, 15) is 4.39 Å². The molecule has 0 bridgehead atoms. The predicted octanol–water partition coefficient (Wildman–Crippen LogP) is 4.22. The van der Waals surface area contributed by atoms with Crippen LogP contribution in [0.4, 0.5) is 4.39 Å². The smallest absolute Gasteiger partial charge is 0.191 e. The second-order valence-electron chi connectivity index (χ2n) is 5.11. The molecular formula is C17H16FN3S. The lowest BCUT2D eigenvalue weighted by Gasteiger charge is -2.05. The summed E-state index contributed by atoms with van der Waals surface area (Å²) in [6, 6.07) is 15.0. The summed E-state index contributed by atoms with van der Waals surface area (Å²) in [5.74, 6) is 1.17. The van der Waals surface area contributed by atoms with Crippen molar-refractivity contribution in [2.45, 2.75) is 17.8 Å². The number of aromatic nitrogens is 3. The van der Waals surface area contributed by atoms with Gasteiger partial charge in [0, 0.05) is 18.4 Å². The molecule has 1 aromatic heterocycles. The van der Waals surface area contributed by atoms with Crippen molar-refractivity contribution in [1.82, 2.24) is 14.8 Å². The van der Waals surface area contributed by atoms with E-state index in [1.54, 1.807) is 12.1 Å². The van der Waals surface area contributed by atoms with Gasteiger partial charge in [-0.15, -0.1) is 10.2 Å². The van der Waals surface area contributed by atoms with Crippen molar-refractivity contribution in [3.05, 3.63) is 65.5 Å². The summed E-state index contributed by atoms with van der Waals surface area (Å²) >= 11 is 1.48. The fraction of sp³-hybridized carbons (Fsp3) is 0.176. The minimum absolute atomic E-state index is 0.184. The maximum absolute atomic E-state index is 13.7. The first-order valence-corrected chi connectivity index (χ1v) is 7.96. The molecule has 3 rings (SSSR count). The first kappa shape index (κ1) is 14.8. The van der Waals surface area contributed by atoms with E-state index in [1.807, 2.05) is 42.8 Å². The number of thioether (sulfide) groups is 1. The summed E-state index contributed by atoms with van der Waals surface area (Å²) in [7, 11) is 1.93. The van der Waals surface area contributed by atoms with Crippen LogP contribution in [0.3, 0.4) is 0 Å². The SMILES string of the molecule is Cc1cccc(-c2nnc(SCc3ccccc3F)n2C)c1. The van der Waals surface area contributed by atoms with Crippen molar-refractivity contribution >= 4 is 11.8 Å². The molecule has 0 spiro atoms. The molecule has 112 valence electrons. The van der Waals surface area contributed by atoms with E-state index in [0.717, 1.165) is 16.5 Å². The minimum atomic E-state index is -0.184. The summed E-state index contributed by atoms with van der Waals surface area (Å²) in [5, 5.41) is 9.26. The number of hydrogen-bond acceptors (Lipinski definition) is 3. The van der Waals surface area contributed by atoms with E-state index < -0.39 is 0 Å². The molecule has 2 aromatic carbocycles. The average Bonchev–Trinajstić information content (AvgIpc) is 2.87. The van der Waals surface area contributed by atoms with Crippen LogP contribution in [0.2, 0.25) is 0 Å². The van der Waals surface area contributed by atoms with Gasteiger partial charge in [-0.3, -0.25) is 0 Å². The Hall–Kier alpha value is -2.14. The van der Waals surface area contributed by atoms with Crippen LogP contribution in [0, 0.1) is 12.7 Å². The largest absolute Gasteiger partial charge is 0.305 e. The highest BCUT2D eigenvalue weighted by Crippen LogP contribution is 2.26. The van der Waals surface area contributed by atoms with Gasteiger partial charge in [-0.1, -0.05) is 53.7 Å². The van der Waals surface area contributed by atoms with Crippen molar-refractivity contribution in [3.8, 4) is 11.4 Å². The van der Waals surface area contributed by atoms with Crippen LogP contribution in [0.1, 0.15) is 11.1 Å². The highest BCUT2D eigenvalue weighted by Gasteiger charge is 2.12. The molecule has 0 aliphatic carbocycles. The molecule has 0 unspecified atom stereocenters. The van der Waals surface area contributed by atoms with E-state index in [1.165, 1.54) is 23.4 Å². The molecule has 0 saturated heterocycles. The zero-order chi connectivity index (χ0) is 15.5. The van der Waals surface area contributed by atoms with E-state index in [2.05, 4.69) is 16.3 Å². The summed E-state index contributed by atoms with van der Waals surface area (Å²) in [5.41, 5.74) is 2.89. The van der Waals surface area contributed by atoms with Crippen LogP contribution >= 0.6 is 11.8 Å². The Morgan fingerprint density at radius 1 is 1.09 bits per heavy atom. The Balaban J connectivity index is 1.81. The Morgan fingerprint density at radius 3 is 2.68 bits per heavy atom. The maximum atomic E-state index is 13.7. The molecule has 3 aromatic rings. The van der Waals surface area contributed by atoms with E-state index >= 15 is 0 Å². The lowest BCUT2D eigenvalue weighted by atomic mass is 10.1. The highest BCUT2D eigenvalue weighted by atomic mass is 32.2. The molecule has 3 nitrogen and oxygen atoms in total. The molecule has 0 fully saturated rings. The van der Waals surface area contributed by atoms with E-state index in [-0.39, 0.29) is 5.82 Å². The Bertz CT molecular complexity index is 798. The van der Waals surface area contributed by atoms with Gasteiger partial charge >= 0.3 is 0 Å². The zero-order valence-corrected chi connectivity index (χ0v) is 13.3. The van der Waals surface area contributed by atoms with E-state index in [0.29, 0.717) is 11.3 Å². The molecule has 5 heteroatoms. The van der Waals surface area contributed by atoms with Crippen molar-refractivity contribution in [2.75, 3.05) is 0 Å². The third-order valence-corrected chi connectivity index (χ3v) is 4.49. The van der Waals surface area contributed by atoms with E-state index in [4.69, 9.17) is 0 Å². The molecule has 0 N–H and O–H groups in total. The Kier molecular flexibility index (Phi) is 4.24. The molecule has 0 saturated carbocycles. The molecular weight excluding hydrogens is 297 g/mol. The second kappa shape index (κ2) is 6.32. The van der Waals surface area contributed by atoms with Gasteiger partial charge in [0.2, 0.25) is 0 Å². The van der Waals surface area contributed by atoms with Crippen molar-refractivity contribution in [2.24, 2.45) is 7.05 Å². The molecule has 0 aliphatic heterocycles. The van der Waals surface area contributed by atoms with Gasteiger partial charge in [-0.25, -0.2) is 4.39 Å². The topological polar surface area (TPSA) is 30.7 Å². The van der Waals surface area contributed by atoms with Crippen molar-refractivity contribution < 1.29 is 4.39 Å². The summed E-state index contributed by atoms with van der Waals surface area (Å²) in [6.07, 6.45) is 0. The molecule has 0 radical (unpaired) electrons. The first-order valence-electron chi connectivity index (χ1n) is 6.98. The average molecular weight is 313 g/mol.